The molecule has 1 aromatic heterocycles. The lowest BCUT2D eigenvalue weighted by atomic mass is 9.97. The van der Waals surface area contributed by atoms with E-state index >= 15 is 0 Å². The Morgan fingerprint density at radius 2 is 2.10 bits per heavy atom. The van der Waals surface area contributed by atoms with Gasteiger partial charge in [-0.1, -0.05) is 12.5 Å². The number of hydrogen-bond acceptors (Lipinski definition) is 4. The molecule has 1 aromatic carbocycles. The van der Waals surface area contributed by atoms with Crippen molar-refractivity contribution in [3.8, 4) is 0 Å². The first kappa shape index (κ1) is 22.7. The van der Waals surface area contributed by atoms with Gasteiger partial charge >= 0.3 is 0 Å². The van der Waals surface area contributed by atoms with Gasteiger partial charge in [0.2, 0.25) is 0 Å². The van der Waals surface area contributed by atoms with Crippen LogP contribution in [0.15, 0.2) is 45.7 Å². The van der Waals surface area contributed by atoms with E-state index in [4.69, 9.17) is 0 Å². The number of carbonyl (C=O) groups is 1. The molecule has 0 radical (unpaired) electrons. The highest BCUT2D eigenvalue weighted by Gasteiger charge is 2.38. The number of carbonyl (C=O) groups excluding carboxylic acids is 1. The second kappa shape index (κ2) is 9.45. The number of aromatic nitrogens is 2. The van der Waals surface area contributed by atoms with Gasteiger partial charge in [-0.2, -0.15) is 0 Å². The summed E-state index contributed by atoms with van der Waals surface area (Å²) in [6.07, 6.45) is 4.25. The Morgan fingerprint density at radius 1 is 1.35 bits per heavy atom. The summed E-state index contributed by atoms with van der Waals surface area (Å²) in [4.78, 5) is 24.8. The fourth-order valence-electron chi connectivity index (χ4n) is 3.64. The van der Waals surface area contributed by atoms with Gasteiger partial charge in [0.05, 0.1) is 11.0 Å². The van der Waals surface area contributed by atoms with Crippen molar-refractivity contribution in [3.05, 3.63) is 52.4 Å². The minimum absolute atomic E-state index is 0.0513. The fourth-order valence-corrected chi connectivity index (χ4v) is 3.64. The molecule has 0 saturated heterocycles. The molecule has 1 heterocycles. The van der Waals surface area contributed by atoms with Gasteiger partial charge in [0, 0.05) is 29.7 Å². The fraction of sp³-hybridized carbons (Fsp3) is 0.458. The number of halogens is 1. The molecule has 1 fully saturated rings. The number of fused-ring (bicyclic) bond motifs is 1. The zero-order valence-corrected chi connectivity index (χ0v) is 18.9. The predicted octanol–water partition coefficient (Wildman–Crippen LogP) is 4.55. The van der Waals surface area contributed by atoms with Crippen LogP contribution in [0.3, 0.4) is 0 Å². The lowest BCUT2D eigenvalue weighted by molar-refractivity contribution is -0.117. The van der Waals surface area contributed by atoms with Crippen molar-refractivity contribution < 1.29 is 9.18 Å². The molecular formula is C24H32FN5O. The molecule has 7 heteroatoms. The number of benzene rings is 1. The van der Waals surface area contributed by atoms with Gasteiger partial charge in [0.1, 0.15) is 17.5 Å². The number of imidazole rings is 1. The van der Waals surface area contributed by atoms with Gasteiger partial charge in [0.15, 0.2) is 0 Å². The van der Waals surface area contributed by atoms with Gasteiger partial charge in [-0.25, -0.2) is 14.4 Å². The molecule has 0 bridgehead atoms. The Hall–Kier alpha value is -2.96. The highest BCUT2D eigenvalue weighted by atomic mass is 19.1. The summed E-state index contributed by atoms with van der Waals surface area (Å²) in [6, 6.07) is 4.50. The molecule has 6 nitrogen and oxygen atoms in total. The number of nitrogens with one attached hydrogen (secondary N) is 3. The van der Waals surface area contributed by atoms with E-state index in [1.54, 1.807) is 6.07 Å². The third-order valence-electron chi connectivity index (χ3n) is 5.62. The van der Waals surface area contributed by atoms with Crippen LogP contribution in [0.5, 0.6) is 0 Å². The molecule has 1 aliphatic rings. The normalized spacial score (nSPS) is 15.3. The van der Waals surface area contributed by atoms with E-state index in [1.807, 2.05) is 20.8 Å². The van der Waals surface area contributed by atoms with Gasteiger partial charge < -0.3 is 15.6 Å². The van der Waals surface area contributed by atoms with Gasteiger partial charge in [-0.05, 0) is 71.4 Å². The molecule has 1 aliphatic carbocycles. The summed E-state index contributed by atoms with van der Waals surface area (Å²) < 4.78 is 13.3. The molecule has 166 valence electrons. The molecular weight excluding hydrogens is 393 g/mol. The molecule has 1 amide bonds. The lowest BCUT2D eigenvalue weighted by Crippen LogP contribution is -2.31. The van der Waals surface area contributed by atoms with Gasteiger partial charge in [-0.15, -0.1) is 0 Å². The Morgan fingerprint density at radius 3 is 2.71 bits per heavy atom. The van der Waals surface area contributed by atoms with Crippen LogP contribution < -0.4 is 10.6 Å². The number of aromatic amines is 1. The van der Waals surface area contributed by atoms with E-state index in [0.29, 0.717) is 36.3 Å². The topological polar surface area (TPSA) is 82.2 Å². The zero-order valence-electron chi connectivity index (χ0n) is 18.9. The highest BCUT2D eigenvalue weighted by Crippen LogP contribution is 2.36. The predicted molar refractivity (Wildman–Crippen MR) is 123 cm³/mol. The van der Waals surface area contributed by atoms with Crippen LogP contribution in [0.25, 0.3) is 11.0 Å². The van der Waals surface area contributed by atoms with Crippen molar-refractivity contribution in [2.45, 2.75) is 65.3 Å². The number of amides is 1. The first-order valence-electron chi connectivity index (χ1n) is 10.8. The molecule has 0 aliphatic heterocycles. The van der Waals surface area contributed by atoms with Crippen LogP contribution in [0, 0.1) is 5.82 Å². The maximum Gasteiger partial charge on any atom is 0.251 e. The number of H-pyrrole nitrogens is 1. The maximum atomic E-state index is 13.3. The molecule has 0 unspecified atom stereocenters. The number of allylic oxidation sites excluding steroid dienone is 1. The summed E-state index contributed by atoms with van der Waals surface area (Å²) in [5, 5.41) is 6.49. The van der Waals surface area contributed by atoms with Crippen molar-refractivity contribution in [2.24, 2.45) is 4.99 Å². The zero-order chi connectivity index (χ0) is 22.6. The summed E-state index contributed by atoms with van der Waals surface area (Å²) in [5.41, 5.74) is 3.98. The molecule has 1 saturated carbocycles. The highest BCUT2D eigenvalue weighted by molar-refractivity contribution is 5.98. The van der Waals surface area contributed by atoms with Crippen LogP contribution >= 0.6 is 0 Å². The summed E-state index contributed by atoms with van der Waals surface area (Å²) in [5.74, 6) is 1.09. The molecule has 2 aromatic rings. The Balaban J connectivity index is 1.63. The molecule has 3 rings (SSSR count). The second-order valence-corrected chi connectivity index (χ2v) is 8.60. The van der Waals surface area contributed by atoms with Crippen LogP contribution in [-0.2, 0) is 11.2 Å². The van der Waals surface area contributed by atoms with Crippen LogP contribution in [0.1, 0.15) is 59.2 Å². The third kappa shape index (κ3) is 5.60. The largest absolute Gasteiger partial charge is 0.365 e. The van der Waals surface area contributed by atoms with E-state index in [1.165, 1.54) is 12.1 Å². The van der Waals surface area contributed by atoms with E-state index in [-0.39, 0.29) is 17.3 Å². The molecule has 3 N–H and O–H groups in total. The first-order chi connectivity index (χ1) is 14.8. The lowest BCUT2D eigenvalue weighted by Gasteiger charge is -2.20. The average molecular weight is 426 g/mol. The maximum absolute atomic E-state index is 13.3. The van der Waals surface area contributed by atoms with Gasteiger partial charge in [0.25, 0.3) is 5.91 Å². The van der Waals surface area contributed by atoms with E-state index in [9.17, 15) is 9.18 Å². The van der Waals surface area contributed by atoms with Crippen molar-refractivity contribution in [3.63, 3.8) is 0 Å². The molecule has 0 atom stereocenters. The number of aryl methyl sites for hydroxylation is 1. The standard InChI is InChI=1S/C24H32FN5O/c1-6-17(22(26-5)30-24(4)11-12-24)21(15(2)3)23(31)27-13-7-8-20-28-18-10-9-16(25)14-19(18)29-20/h9-10,14,30H,5-8,11-13H2,1-4H3,(H,27,31)(H,28,29)/b22-17-. The smallest absolute Gasteiger partial charge is 0.251 e. The van der Waals surface area contributed by atoms with Crippen LogP contribution in [0.4, 0.5) is 4.39 Å². The molecule has 0 spiro atoms. The SMILES string of the molecule is C=N/C(NC1(C)CC1)=C(\CC)C(C(=O)NCCCc1nc2ccc(F)cc2[nH]1)=C(C)C. The number of hydrogen-bond donors (Lipinski definition) is 3. The van der Waals surface area contributed by atoms with Crippen molar-refractivity contribution in [2.75, 3.05) is 6.54 Å². The Labute approximate surface area is 183 Å². The van der Waals surface area contributed by atoms with Crippen molar-refractivity contribution in [1.82, 2.24) is 20.6 Å². The van der Waals surface area contributed by atoms with Gasteiger partial charge in [-0.3, -0.25) is 4.79 Å². The first-order valence-corrected chi connectivity index (χ1v) is 10.8. The van der Waals surface area contributed by atoms with E-state index in [0.717, 1.165) is 41.7 Å². The minimum atomic E-state index is -0.289. The molecule has 31 heavy (non-hydrogen) atoms. The number of rotatable bonds is 10. The van der Waals surface area contributed by atoms with Crippen LogP contribution in [0.2, 0.25) is 0 Å². The van der Waals surface area contributed by atoms with Crippen molar-refractivity contribution in [1.29, 1.82) is 0 Å². The monoisotopic (exact) mass is 425 g/mol. The van der Waals surface area contributed by atoms with Crippen LogP contribution in [-0.4, -0.2) is 34.7 Å². The second-order valence-electron chi connectivity index (χ2n) is 8.60. The number of nitrogens with zero attached hydrogens (tertiary/aromatic N) is 2. The summed E-state index contributed by atoms with van der Waals surface area (Å²) >= 11 is 0. The quantitative estimate of drug-likeness (QED) is 0.226. The van der Waals surface area contributed by atoms with E-state index < -0.39 is 0 Å². The summed E-state index contributed by atoms with van der Waals surface area (Å²) in [7, 11) is 0. The van der Waals surface area contributed by atoms with Crippen molar-refractivity contribution >= 4 is 23.7 Å². The average Bonchev–Trinajstić information content (AvgIpc) is 3.31. The Bertz CT molecular complexity index is 1040. The Kier molecular flexibility index (Phi) is 6.93. The number of aliphatic imine (C=N–C) groups is 1. The summed E-state index contributed by atoms with van der Waals surface area (Å²) in [6.45, 7) is 12.3. The third-order valence-corrected chi connectivity index (χ3v) is 5.62. The van der Waals surface area contributed by atoms with E-state index in [2.05, 4.69) is 39.2 Å². The minimum Gasteiger partial charge on any atom is -0.365 e.